The van der Waals surface area contributed by atoms with E-state index in [2.05, 4.69) is 11.4 Å². The van der Waals surface area contributed by atoms with Crippen LogP contribution >= 0.6 is 0 Å². The lowest BCUT2D eigenvalue weighted by molar-refractivity contribution is -0.0379. The standard InChI is InChI=1S/C19H22N2O3/c1-22-15-23-14-19(21-12-11-20)17-7-9-18(10-8-17)24-13-16-5-3-2-4-6-16/h2-10,19,21H,12-15H2,1H3. The van der Waals surface area contributed by atoms with Gasteiger partial charge in [-0.15, -0.1) is 0 Å². The van der Waals surface area contributed by atoms with Crippen molar-refractivity contribution >= 4 is 0 Å². The molecule has 0 heterocycles. The lowest BCUT2D eigenvalue weighted by atomic mass is 10.1. The van der Waals surface area contributed by atoms with Crippen molar-refractivity contribution < 1.29 is 14.2 Å². The number of nitrogens with zero attached hydrogens (tertiary/aromatic N) is 1. The second kappa shape index (κ2) is 10.4. The zero-order valence-corrected chi connectivity index (χ0v) is 13.8. The van der Waals surface area contributed by atoms with Crippen molar-refractivity contribution in [2.45, 2.75) is 12.6 Å². The molecule has 2 aromatic carbocycles. The highest BCUT2D eigenvalue weighted by atomic mass is 16.7. The normalized spacial score (nSPS) is 11.7. The molecule has 126 valence electrons. The molecule has 1 atom stereocenters. The topological polar surface area (TPSA) is 63.5 Å². The van der Waals surface area contributed by atoms with E-state index in [0.29, 0.717) is 13.2 Å². The van der Waals surface area contributed by atoms with Crippen LogP contribution in [-0.4, -0.2) is 27.1 Å². The first kappa shape index (κ1) is 18.0. The molecule has 1 N–H and O–H groups in total. The number of ether oxygens (including phenoxy) is 3. The summed E-state index contributed by atoms with van der Waals surface area (Å²) < 4.78 is 16.1. The Bertz CT molecular complexity index is 623. The number of benzene rings is 2. The molecule has 5 heteroatoms. The van der Waals surface area contributed by atoms with Gasteiger partial charge in [-0.05, 0) is 23.3 Å². The minimum atomic E-state index is -0.0667. The molecule has 24 heavy (non-hydrogen) atoms. The van der Waals surface area contributed by atoms with Crippen LogP contribution < -0.4 is 10.1 Å². The first-order valence-electron chi connectivity index (χ1n) is 7.77. The van der Waals surface area contributed by atoms with E-state index >= 15 is 0 Å². The highest BCUT2D eigenvalue weighted by Crippen LogP contribution is 2.19. The zero-order chi connectivity index (χ0) is 17.0. The number of nitriles is 1. The Morgan fingerprint density at radius 2 is 1.83 bits per heavy atom. The SMILES string of the molecule is COCOCC(NCC#N)c1ccc(OCc2ccccc2)cc1. The van der Waals surface area contributed by atoms with E-state index in [1.807, 2.05) is 54.6 Å². The van der Waals surface area contributed by atoms with Gasteiger partial charge in [0, 0.05) is 7.11 Å². The molecule has 0 saturated carbocycles. The third kappa shape index (κ3) is 6.01. The van der Waals surface area contributed by atoms with E-state index in [4.69, 9.17) is 19.5 Å². The van der Waals surface area contributed by atoms with Gasteiger partial charge in [-0.3, -0.25) is 5.32 Å². The predicted molar refractivity (Wildman–Crippen MR) is 91.4 cm³/mol. The first-order valence-corrected chi connectivity index (χ1v) is 7.77. The van der Waals surface area contributed by atoms with Crippen LogP contribution in [0.15, 0.2) is 54.6 Å². The monoisotopic (exact) mass is 326 g/mol. The molecular formula is C19H22N2O3. The maximum absolute atomic E-state index is 8.76. The van der Waals surface area contributed by atoms with Crippen molar-refractivity contribution in [2.75, 3.05) is 27.1 Å². The van der Waals surface area contributed by atoms with Crippen LogP contribution in [0.1, 0.15) is 17.2 Å². The second-order valence-corrected chi connectivity index (χ2v) is 5.21. The van der Waals surface area contributed by atoms with Crippen LogP contribution in [0.25, 0.3) is 0 Å². The molecule has 0 amide bonds. The molecule has 0 aliphatic heterocycles. The van der Waals surface area contributed by atoms with Crippen molar-refractivity contribution in [1.29, 1.82) is 5.26 Å². The van der Waals surface area contributed by atoms with Crippen molar-refractivity contribution in [3.05, 3.63) is 65.7 Å². The van der Waals surface area contributed by atoms with Gasteiger partial charge in [0.05, 0.1) is 25.3 Å². The maximum atomic E-state index is 8.76. The molecule has 0 aliphatic rings. The summed E-state index contributed by atoms with van der Waals surface area (Å²) in [4.78, 5) is 0. The van der Waals surface area contributed by atoms with Gasteiger partial charge in [0.15, 0.2) is 0 Å². The molecule has 0 aromatic heterocycles. The summed E-state index contributed by atoms with van der Waals surface area (Å²) in [6.45, 7) is 1.45. The van der Waals surface area contributed by atoms with Crippen LogP contribution in [0.4, 0.5) is 0 Å². The number of rotatable bonds is 10. The van der Waals surface area contributed by atoms with E-state index < -0.39 is 0 Å². The number of nitrogens with one attached hydrogen (secondary N) is 1. The largest absolute Gasteiger partial charge is 0.489 e. The first-order chi connectivity index (χ1) is 11.8. The van der Waals surface area contributed by atoms with Crippen molar-refractivity contribution in [1.82, 2.24) is 5.32 Å². The van der Waals surface area contributed by atoms with E-state index in [1.54, 1.807) is 7.11 Å². The van der Waals surface area contributed by atoms with Crippen LogP contribution in [0.5, 0.6) is 5.75 Å². The van der Waals surface area contributed by atoms with Gasteiger partial charge in [0.2, 0.25) is 0 Å². The number of hydrogen-bond acceptors (Lipinski definition) is 5. The third-order valence-corrected chi connectivity index (χ3v) is 3.44. The summed E-state index contributed by atoms with van der Waals surface area (Å²) >= 11 is 0. The molecule has 0 spiro atoms. The third-order valence-electron chi connectivity index (χ3n) is 3.44. The van der Waals surface area contributed by atoms with E-state index in [0.717, 1.165) is 16.9 Å². The van der Waals surface area contributed by atoms with E-state index in [9.17, 15) is 0 Å². The fourth-order valence-corrected chi connectivity index (χ4v) is 2.23. The maximum Gasteiger partial charge on any atom is 0.146 e. The van der Waals surface area contributed by atoms with Crippen LogP contribution in [0.2, 0.25) is 0 Å². The molecule has 0 aliphatic carbocycles. The van der Waals surface area contributed by atoms with Crippen molar-refractivity contribution in [3.63, 3.8) is 0 Å². The summed E-state index contributed by atoms with van der Waals surface area (Å²) in [6.07, 6.45) is 0. The van der Waals surface area contributed by atoms with E-state index in [1.165, 1.54) is 0 Å². The Labute approximate surface area is 142 Å². The lowest BCUT2D eigenvalue weighted by Crippen LogP contribution is -2.26. The van der Waals surface area contributed by atoms with Crippen molar-refractivity contribution in [2.24, 2.45) is 0 Å². The average molecular weight is 326 g/mol. The van der Waals surface area contributed by atoms with Crippen LogP contribution in [0.3, 0.4) is 0 Å². The van der Waals surface area contributed by atoms with Gasteiger partial charge in [0.25, 0.3) is 0 Å². The second-order valence-electron chi connectivity index (χ2n) is 5.21. The molecule has 0 bridgehead atoms. The summed E-state index contributed by atoms with van der Waals surface area (Å²) in [5.41, 5.74) is 2.16. The van der Waals surface area contributed by atoms with Crippen LogP contribution in [0, 0.1) is 11.3 Å². The number of hydrogen-bond donors (Lipinski definition) is 1. The highest BCUT2D eigenvalue weighted by Gasteiger charge is 2.11. The quantitative estimate of drug-likeness (QED) is 0.413. The summed E-state index contributed by atoms with van der Waals surface area (Å²) in [5, 5.41) is 11.9. The summed E-state index contributed by atoms with van der Waals surface area (Å²) in [7, 11) is 1.58. The van der Waals surface area contributed by atoms with Gasteiger partial charge in [0.1, 0.15) is 19.1 Å². The minimum absolute atomic E-state index is 0.0667. The summed E-state index contributed by atoms with van der Waals surface area (Å²) in [5.74, 6) is 0.805. The molecule has 2 rings (SSSR count). The number of methoxy groups -OCH3 is 1. The van der Waals surface area contributed by atoms with Gasteiger partial charge >= 0.3 is 0 Å². The Morgan fingerprint density at radius 3 is 2.50 bits per heavy atom. The van der Waals surface area contributed by atoms with Gasteiger partial charge in [-0.25, -0.2) is 0 Å². The Balaban J connectivity index is 1.93. The fourth-order valence-electron chi connectivity index (χ4n) is 2.23. The molecule has 1 unspecified atom stereocenters. The van der Waals surface area contributed by atoms with Crippen molar-refractivity contribution in [3.8, 4) is 11.8 Å². The molecule has 2 aromatic rings. The van der Waals surface area contributed by atoms with Gasteiger partial charge < -0.3 is 14.2 Å². The van der Waals surface area contributed by atoms with Crippen LogP contribution in [-0.2, 0) is 16.1 Å². The van der Waals surface area contributed by atoms with Gasteiger partial charge in [-0.2, -0.15) is 5.26 Å². The Morgan fingerprint density at radius 1 is 1.08 bits per heavy atom. The average Bonchev–Trinajstić information content (AvgIpc) is 2.64. The fraction of sp³-hybridized carbons (Fsp3) is 0.316. The Kier molecular flexibility index (Phi) is 7.78. The lowest BCUT2D eigenvalue weighted by Gasteiger charge is -2.18. The molecule has 0 saturated heterocycles. The Hall–Kier alpha value is -2.39. The molecule has 5 nitrogen and oxygen atoms in total. The molecule has 0 fully saturated rings. The summed E-state index contributed by atoms with van der Waals surface area (Å²) in [6, 6.07) is 19.9. The minimum Gasteiger partial charge on any atom is -0.489 e. The predicted octanol–water partition coefficient (Wildman–Crippen LogP) is 3.04. The highest BCUT2D eigenvalue weighted by molar-refractivity contribution is 5.29. The van der Waals surface area contributed by atoms with Gasteiger partial charge in [-0.1, -0.05) is 42.5 Å². The smallest absolute Gasteiger partial charge is 0.146 e. The molecular weight excluding hydrogens is 304 g/mol. The molecule has 0 radical (unpaired) electrons. The zero-order valence-electron chi connectivity index (χ0n) is 13.8. The van der Waals surface area contributed by atoms with E-state index in [-0.39, 0.29) is 19.4 Å².